The Balaban J connectivity index is 3.59. The van der Waals surface area contributed by atoms with Gasteiger partial charge in [-0.2, -0.15) is 0 Å². The molecule has 0 spiro atoms. The first kappa shape index (κ1) is 13.4. The van der Waals surface area contributed by atoms with Gasteiger partial charge in [0.1, 0.15) is 0 Å². The number of aliphatic carboxylic acids is 1. The Hall–Kier alpha value is -0.650. The lowest BCUT2D eigenvalue weighted by atomic mass is 10.2. The van der Waals surface area contributed by atoms with Gasteiger partial charge in [0.2, 0.25) is 0 Å². The first-order valence-electron chi connectivity index (χ1n) is 4.68. The second-order valence-electron chi connectivity index (χ2n) is 3.65. The van der Waals surface area contributed by atoms with Gasteiger partial charge in [-0.15, -0.1) is 0 Å². The average molecular weight is 205 g/mol. The van der Waals surface area contributed by atoms with Crippen LogP contribution in [0.1, 0.15) is 19.8 Å². The Bertz CT molecular complexity index is 172. The third-order valence-electron chi connectivity index (χ3n) is 1.86. The zero-order valence-electron chi connectivity index (χ0n) is 8.68. The van der Waals surface area contributed by atoms with E-state index in [2.05, 4.69) is 0 Å². The first-order chi connectivity index (χ1) is 6.41. The summed E-state index contributed by atoms with van der Waals surface area (Å²) >= 11 is 0. The maximum atomic E-state index is 10.2. The van der Waals surface area contributed by atoms with Crippen molar-refractivity contribution in [2.24, 2.45) is 0 Å². The molecule has 0 amide bonds. The normalized spacial score (nSPS) is 15.5. The lowest BCUT2D eigenvalue weighted by Crippen LogP contribution is -2.32. The van der Waals surface area contributed by atoms with Gasteiger partial charge in [0.15, 0.2) is 0 Å². The molecule has 0 aliphatic rings. The molecule has 2 unspecified atom stereocenters. The van der Waals surface area contributed by atoms with E-state index < -0.39 is 12.1 Å². The predicted octanol–water partition coefficient (Wildman–Crippen LogP) is -0.475. The maximum Gasteiger partial charge on any atom is 0.306 e. The van der Waals surface area contributed by atoms with Crippen LogP contribution >= 0.6 is 0 Å². The highest BCUT2D eigenvalue weighted by Gasteiger charge is 2.12. The molecule has 3 N–H and O–H groups in total. The van der Waals surface area contributed by atoms with Crippen LogP contribution in [0.15, 0.2) is 0 Å². The summed E-state index contributed by atoms with van der Waals surface area (Å²) in [6.45, 7) is 2.66. The van der Waals surface area contributed by atoms with Crippen molar-refractivity contribution in [3.63, 3.8) is 0 Å². The van der Waals surface area contributed by atoms with E-state index in [1.165, 1.54) is 0 Å². The summed E-state index contributed by atoms with van der Waals surface area (Å²) in [6.07, 6.45) is -0.824. The van der Waals surface area contributed by atoms with E-state index in [0.717, 1.165) is 0 Å². The third kappa shape index (κ3) is 7.97. The molecule has 0 aromatic heterocycles. The number of rotatable bonds is 7. The fourth-order valence-electron chi connectivity index (χ4n) is 1.12. The summed E-state index contributed by atoms with van der Waals surface area (Å²) in [6, 6.07) is 0. The van der Waals surface area contributed by atoms with Crippen molar-refractivity contribution < 1.29 is 20.1 Å². The van der Waals surface area contributed by atoms with Crippen molar-refractivity contribution in [1.82, 2.24) is 4.90 Å². The monoisotopic (exact) mass is 205 g/mol. The second-order valence-corrected chi connectivity index (χ2v) is 3.65. The number of carboxylic acid groups (broad SMARTS) is 1. The summed E-state index contributed by atoms with van der Waals surface area (Å²) in [5.41, 5.74) is 0. The van der Waals surface area contributed by atoms with Crippen molar-refractivity contribution >= 4 is 5.97 Å². The van der Waals surface area contributed by atoms with Crippen molar-refractivity contribution in [2.45, 2.75) is 32.0 Å². The van der Waals surface area contributed by atoms with Crippen LogP contribution in [-0.2, 0) is 4.79 Å². The Morgan fingerprint density at radius 3 is 2.43 bits per heavy atom. The minimum atomic E-state index is -0.999. The van der Waals surface area contributed by atoms with Crippen LogP contribution in [0.3, 0.4) is 0 Å². The molecule has 0 saturated heterocycles. The lowest BCUT2D eigenvalue weighted by molar-refractivity contribution is -0.139. The minimum absolute atomic E-state index is 0.237. The number of nitrogens with zero attached hydrogens (tertiary/aromatic N) is 1. The standard InChI is InChI=1S/C9H19NO4/c1-7(11)3-4-10(2)6-8(12)5-9(13)14/h7-8,11-12H,3-6H2,1-2H3,(H,13,14). The molecule has 5 heteroatoms. The van der Waals surface area contributed by atoms with Gasteiger partial charge < -0.3 is 20.2 Å². The number of hydrogen-bond donors (Lipinski definition) is 3. The van der Waals surface area contributed by atoms with E-state index in [-0.39, 0.29) is 12.5 Å². The van der Waals surface area contributed by atoms with Gasteiger partial charge in [-0.05, 0) is 20.4 Å². The van der Waals surface area contributed by atoms with Crippen LogP contribution in [-0.4, -0.2) is 58.5 Å². The molecular formula is C9H19NO4. The number of carboxylic acids is 1. The van der Waals surface area contributed by atoms with Crippen molar-refractivity contribution in [3.05, 3.63) is 0 Å². The summed E-state index contributed by atoms with van der Waals surface area (Å²) < 4.78 is 0. The Morgan fingerprint density at radius 2 is 2.00 bits per heavy atom. The number of likely N-dealkylation sites (N-methyl/N-ethyl adjacent to an activating group) is 1. The van der Waals surface area contributed by atoms with E-state index in [0.29, 0.717) is 19.5 Å². The summed E-state index contributed by atoms with van der Waals surface area (Å²) in [5.74, 6) is -0.999. The van der Waals surface area contributed by atoms with E-state index in [1.54, 1.807) is 18.9 Å². The number of aliphatic hydroxyl groups excluding tert-OH is 2. The summed E-state index contributed by atoms with van der Waals surface area (Å²) in [4.78, 5) is 12.0. The molecule has 2 atom stereocenters. The molecule has 0 aliphatic carbocycles. The van der Waals surface area contributed by atoms with Gasteiger partial charge in [-0.3, -0.25) is 4.79 Å². The maximum absolute atomic E-state index is 10.2. The van der Waals surface area contributed by atoms with Crippen molar-refractivity contribution in [1.29, 1.82) is 0 Å². The van der Waals surface area contributed by atoms with Gasteiger partial charge in [0.25, 0.3) is 0 Å². The highest BCUT2D eigenvalue weighted by molar-refractivity contribution is 5.67. The second kappa shape index (κ2) is 6.75. The Kier molecular flexibility index (Phi) is 6.44. The van der Waals surface area contributed by atoms with Gasteiger partial charge in [0, 0.05) is 13.1 Å². The number of carbonyl (C=O) groups is 1. The summed E-state index contributed by atoms with van der Waals surface area (Å²) in [7, 11) is 1.79. The SMILES string of the molecule is CC(O)CCN(C)CC(O)CC(=O)O. The number of aliphatic hydroxyl groups is 2. The molecule has 0 aromatic carbocycles. The number of hydrogen-bond acceptors (Lipinski definition) is 4. The van der Waals surface area contributed by atoms with E-state index in [1.807, 2.05) is 0 Å². The fourth-order valence-corrected chi connectivity index (χ4v) is 1.12. The topological polar surface area (TPSA) is 81.0 Å². The first-order valence-corrected chi connectivity index (χ1v) is 4.68. The highest BCUT2D eigenvalue weighted by atomic mass is 16.4. The molecule has 0 radical (unpaired) electrons. The molecule has 14 heavy (non-hydrogen) atoms. The largest absolute Gasteiger partial charge is 0.481 e. The molecule has 0 bridgehead atoms. The van der Waals surface area contributed by atoms with Crippen LogP contribution in [0.25, 0.3) is 0 Å². The molecule has 0 aliphatic heterocycles. The third-order valence-corrected chi connectivity index (χ3v) is 1.86. The van der Waals surface area contributed by atoms with Crippen LogP contribution in [0.5, 0.6) is 0 Å². The van der Waals surface area contributed by atoms with E-state index in [4.69, 9.17) is 10.2 Å². The quantitative estimate of drug-likeness (QED) is 0.523. The molecular weight excluding hydrogens is 186 g/mol. The van der Waals surface area contributed by atoms with Crippen LogP contribution in [0, 0.1) is 0 Å². The molecule has 0 aromatic rings. The molecule has 0 saturated carbocycles. The average Bonchev–Trinajstić information content (AvgIpc) is 1.98. The Morgan fingerprint density at radius 1 is 1.43 bits per heavy atom. The summed E-state index contributed by atoms with van der Waals surface area (Å²) in [5, 5.41) is 26.7. The molecule has 84 valence electrons. The Labute approximate surface area is 84.0 Å². The van der Waals surface area contributed by atoms with Crippen LogP contribution < -0.4 is 0 Å². The lowest BCUT2D eigenvalue weighted by Gasteiger charge is -2.20. The van der Waals surface area contributed by atoms with E-state index >= 15 is 0 Å². The van der Waals surface area contributed by atoms with Gasteiger partial charge in [-0.25, -0.2) is 0 Å². The van der Waals surface area contributed by atoms with Crippen LogP contribution in [0.2, 0.25) is 0 Å². The van der Waals surface area contributed by atoms with E-state index in [9.17, 15) is 9.90 Å². The molecule has 5 nitrogen and oxygen atoms in total. The zero-order chi connectivity index (χ0) is 11.1. The minimum Gasteiger partial charge on any atom is -0.481 e. The highest BCUT2D eigenvalue weighted by Crippen LogP contribution is 1.98. The molecule has 0 rings (SSSR count). The fraction of sp³-hybridized carbons (Fsp3) is 0.889. The van der Waals surface area contributed by atoms with Crippen molar-refractivity contribution in [2.75, 3.05) is 20.1 Å². The smallest absolute Gasteiger partial charge is 0.306 e. The van der Waals surface area contributed by atoms with Gasteiger partial charge in [0.05, 0.1) is 18.6 Å². The van der Waals surface area contributed by atoms with Crippen molar-refractivity contribution in [3.8, 4) is 0 Å². The molecule has 0 fully saturated rings. The van der Waals surface area contributed by atoms with Crippen LogP contribution in [0.4, 0.5) is 0 Å². The zero-order valence-corrected chi connectivity index (χ0v) is 8.68. The predicted molar refractivity (Wildman–Crippen MR) is 52.1 cm³/mol. The van der Waals surface area contributed by atoms with Gasteiger partial charge >= 0.3 is 5.97 Å². The van der Waals surface area contributed by atoms with Gasteiger partial charge in [-0.1, -0.05) is 0 Å². The molecule has 0 heterocycles.